The molecule has 1 aromatic carbocycles. The summed E-state index contributed by atoms with van der Waals surface area (Å²) in [5.74, 6) is 0.548. The Morgan fingerprint density at radius 1 is 1.50 bits per heavy atom. The van der Waals surface area contributed by atoms with Crippen molar-refractivity contribution in [2.45, 2.75) is 12.8 Å². The Bertz CT molecular complexity index is 488. The first-order valence-electron chi connectivity index (χ1n) is 5.65. The Labute approximate surface area is 110 Å². The maximum Gasteiger partial charge on any atom is 0.267 e. The molecule has 1 amide bonds. The highest BCUT2D eigenvalue weighted by Gasteiger charge is 2.15. The van der Waals surface area contributed by atoms with Crippen LogP contribution < -0.4 is 15.5 Å². The topological polar surface area (TPSA) is 62.7 Å². The third-order valence-corrected chi connectivity index (χ3v) is 2.94. The number of carbonyl (C=O) groups is 1. The maximum atomic E-state index is 11.5. The van der Waals surface area contributed by atoms with Crippen LogP contribution in [0.5, 0.6) is 5.75 Å². The van der Waals surface area contributed by atoms with Gasteiger partial charge >= 0.3 is 0 Å². The van der Waals surface area contributed by atoms with E-state index < -0.39 is 0 Å². The van der Waals surface area contributed by atoms with Gasteiger partial charge in [0, 0.05) is 12.6 Å². The second-order valence-electron chi connectivity index (χ2n) is 3.88. The summed E-state index contributed by atoms with van der Waals surface area (Å²) >= 11 is 6.05. The van der Waals surface area contributed by atoms with Crippen LogP contribution >= 0.6 is 11.6 Å². The monoisotopic (exact) mass is 267 g/mol. The average molecular weight is 268 g/mol. The van der Waals surface area contributed by atoms with Crippen LogP contribution in [0.4, 0.5) is 5.69 Å². The molecule has 1 heterocycles. The van der Waals surface area contributed by atoms with Gasteiger partial charge in [-0.05, 0) is 25.0 Å². The Morgan fingerprint density at radius 2 is 2.33 bits per heavy atom. The van der Waals surface area contributed by atoms with Crippen molar-refractivity contribution >= 4 is 28.9 Å². The Hall–Kier alpha value is -1.75. The number of hydrogen-bond acceptors (Lipinski definition) is 4. The molecule has 1 saturated heterocycles. The van der Waals surface area contributed by atoms with E-state index in [4.69, 9.17) is 16.3 Å². The van der Waals surface area contributed by atoms with Gasteiger partial charge in [0.15, 0.2) is 0 Å². The first kappa shape index (κ1) is 12.7. The molecule has 0 bridgehead atoms. The summed E-state index contributed by atoms with van der Waals surface area (Å²) in [6, 6.07) is 5.21. The molecule has 1 aromatic rings. The molecule has 0 unspecified atom stereocenters. The largest absolute Gasteiger partial charge is 0.497 e. The molecular weight excluding hydrogens is 254 g/mol. The highest BCUT2D eigenvalue weighted by atomic mass is 35.5. The molecule has 0 radical (unpaired) electrons. The van der Waals surface area contributed by atoms with E-state index in [0.29, 0.717) is 35.1 Å². The zero-order chi connectivity index (χ0) is 13.0. The summed E-state index contributed by atoms with van der Waals surface area (Å²) in [4.78, 5) is 11.5. The Balaban J connectivity index is 2.09. The van der Waals surface area contributed by atoms with Crippen molar-refractivity contribution < 1.29 is 9.53 Å². The van der Waals surface area contributed by atoms with E-state index in [9.17, 15) is 4.79 Å². The number of hydrogen-bond donors (Lipinski definition) is 2. The molecule has 0 saturated carbocycles. The first-order valence-corrected chi connectivity index (χ1v) is 6.03. The van der Waals surface area contributed by atoms with Crippen LogP contribution in [0.1, 0.15) is 12.8 Å². The summed E-state index contributed by atoms with van der Waals surface area (Å²) < 4.78 is 5.05. The summed E-state index contributed by atoms with van der Waals surface area (Å²) in [6.07, 6.45) is 1.58. The predicted octanol–water partition coefficient (Wildman–Crippen LogP) is 2.03. The lowest BCUT2D eigenvalue weighted by Crippen LogP contribution is -2.37. The number of anilines is 1. The lowest BCUT2D eigenvalue weighted by atomic mass is 10.1. The van der Waals surface area contributed by atoms with Crippen molar-refractivity contribution in [2.75, 3.05) is 19.1 Å². The number of rotatable bonds is 3. The van der Waals surface area contributed by atoms with Crippen molar-refractivity contribution in [2.24, 2.45) is 5.10 Å². The van der Waals surface area contributed by atoms with Gasteiger partial charge in [0.1, 0.15) is 11.5 Å². The number of carbonyl (C=O) groups excluding carboxylic acids is 1. The molecule has 6 heteroatoms. The van der Waals surface area contributed by atoms with E-state index in [2.05, 4.69) is 15.8 Å². The second kappa shape index (κ2) is 5.73. The molecule has 1 aliphatic heterocycles. The van der Waals surface area contributed by atoms with Crippen molar-refractivity contribution in [1.82, 2.24) is 5.32 Å². The molecular formula is C12H14ClN3O2. The highest BCUT2D eigenvalue weighted by Crippen LogP contribution is 2.26. The minimum atomic E-state index is -0.126. The van der Waals surface area contributed by atoms with Crippen molar-refractivity contribution in [3.05, 3.63) is 23.2 Å². The van der Waals surface area contributed by atoms with E-state index in [-0.39, 0.29) is 5.91 Å². The number of ether oxygens (including phenoxy) is 1. The number of nitrogens with zero attached hydrogens (tertiary/aromatic N) is 1. The van der Waals surface area contributed by atoms with Crippen molar-refractivity contribution in [3.8, 4) is 5.75 Å². The van der Waals surface area contributed by atoms with Gasteiger partial charge in [-0.1, -0.05) is 11.6 Å². The van der Waals surface area contributed by atoms with E-state index in [0.717, 1.165) is 6.42 Å². The molecule has 0 spiro atoms. The maximum absolute atomic E-state index is 11.5. The number of halogens is 1. The minimum absolute atomic E-state index is 0.126. The number of hydrazone groups is 1. The van der Waals surface area contributed by atoms with Crippen LogP contribution in [-0.4, -0.2) is 25.3 Å². The number of nitrogens with one attached hydrogen (secondary N) is 2. The van der Waals surface area contributed by atoms with Crippen LogP contribution in [-0.2, 0) is 4.79 Å². The van der Waals surface area contributed by atoms with Crippen LogP contribution in [0.15, 0.2) is 23.3 Å². The molecule has 1 fully saturated rings. The molecule has 96 valence electrons. The normalized spacial score (nSPS) is 17.4. The van der Waals surface area contributed by atoms with Gasteiger partial charge in [0.05, 0.1) is 17.8 Å². The predicted molar refractivity (Wildman–Crippen MR) is 71.3 cm³/mol. The van der Waals surface area contributed by atoms with Gasteiger partial charge in [-0.25, -0.2) is 0 Å². The minimum Gasteiger partial charge on any atom is -0.497 e. The van der Waals surface area contributed by atoms with Gasteiger partial charge in [-0.2, -0.15) is 5.10 Å². The first-order chi connectivity index (χ1) is 8.70. The highest BCUT2D eigenvalue weighted by molar-refractivity contribution is 6.39. The third-order valence-electron chi connectivity index (χ3n) is 2.63. The average Bonchev–Trinajstić information content (AvgIpc) is 2.39. The van der Waals surface area contributed by atoms with E-state index in [1.807, 2.05) is 0 Å². The molecule has 0 atom stereocenters. The number of benzene rings is 1. The fourth-order valence-electron chi connectivity index (χ4n) is 1.62. The lowest BCUT2D eigenvalue weighted by molar-refractivity contribution is -0.115. The zero-order valence-electron chi connectivity index (χ0n) is 10.00. The third kappa shape index (κ3) is 2.92. The van der Waals surface area contributed by atoms with Crippen molar-refractivity contribution in [3.63, 3.8) is 0 Å². The molecule has 1 aliphatic rings. The lowest BCUT2D eigenvalue weighted by Gasteiger charge is -2.14. The van der Waals surface area contributed by atoms with Gasteiger partial charge in [0.2, 0.25) is 0 Å². The van der Waals surface area contributed by atoms with Gasteiger partial charge in [-0.3, -0.25) is 10.2 Å². The van der Waals surface area contributed by atoms with Gasteiger partial charge in [0.25, 0.3) is 5.91 Å². The second-order valence-corrected chi connectivity index (χ2v) is 4.28. The Kier molecular flexibility index (Phi) is 4.04. The molecule has 0 aromatic heterocycles. The number of methoxy groups -OCH3 is 1. The quantitative estimate of drug-likeness (QED) is 0.824. The van der Waals surface area contributed by atoms with Crippen LogP contribution in [0.25, 0.3) is 0 Å². The molecule has 0 aliphatic carbocycles. The molecule has 2 rings (SSSR count). The molecule has 5 nitrogen and oxygen atoms in total. The van der Waals surface area contributed by atoms with E-state index in [1.165, 1.54) is 0 Å². The molecule has 2 N–H and O–H groups in total. The van der Waals surface area contributed by atoms with E-state index in [1.54, 1.807) is 25.3 Å². The standard InChI is InChI=1S/C12H14ClN3O2/c1-18-8-4-5-10(9(13)7-8)15-16-11-3-2-6-14-12(11)17/h4-5,7,15H,2-3,6H2,1H3,(H,14,17)/b16-11+. The summed E-state index contributed by atoms with van der Waals surface area (Å²) in [5, 5.41) is 7.31. The van der Waals surface area contributed by atoms with Crippen LogP contribution in [0.2, 0.25) is 5.02 Å². The van der Waals surface area contributed by atoms with E-state index >= 15 is 0 Å². The number of amides is 1. The van der Waals surface area contributed by atoms with Crippen LogP contribution in [0.3, 0.4) is 0 Å². The summed E-state index contributed by atoms with van der Waals surface area (Å²) in [7, 11) is 1.57. The molecule has 18 heavy (non-hydrogen) atoms. The SMILES string of the molecule is COc1ccc(N/N=C2\CCCNC2=O)c(Cl)c1. The van der Waals surface area contributed by atoms with Gasteiger partial charge in [-0.15, -0.1) is 0 Å². The van der Waals surface area contributed by atoms with Gasteiger partial charge < -0.3 is 10.1 Å². The summed E-state index contributed by atoms with van der Waals surface area (Å²) in [6.45, 7) is 0.709. The smallest absolute Gasteiger partial charge is 0.267 e. The Morgan fingerprint density at radius 3 is 3.00 bits per heavy atom. The van der Waals surface area contributed by atoms with Crippen LogP contribution in [0, 0.1) is 0 Å². The fourth-order valence-corrected chi connectivity index (χ4v) is 1.83. The van der Waals surface area contributed by atoms with Crippen molar-refractivity contribution in [1.29, 1.82) is 0 Å². The number of piperidine rings is 1. The zero-order valence-corrected chi connectivity index (χ0v) is 10.8. The summed E-state index contributed by atoms with van der Waals surface area (Å²) in [5.41, 5.74) is 3.94. The fraction of sp³-hybridized carbons (Fsp3) is 0.333.